The molecule has 0 fully saturated rings. The number of rotatable bonds is 3. The summed E-state index contributed by atoms with van der Waals surface area (Å²) < 4.78 is 46.3. The molecule has 3 aromatic rings. The molecule has 134 valence electrons. The standard InChI is InChI=1S/C20H17F3N2O/c21-20(22,23)15-6-8-16(9-7-15)26-18-10-5-14-3-1-2-4-17(14)19(18)25-12-11-24-13-25/h1-4,6-9,11-13,18-19H,5,10H2/t18-,19-/m0/s1. The fraction of sp³-hybridized carbons (Fsp3) is 0.250. The lowest BCUT2D eigenvalue weighted by Gasteiger charge is -2.34. The van der Waals surface area contributed by atoms with Crippen LogP contribution in [-0.4, -0.2) is 15.7 Å². The van der Waals surface area contributed by atoms with Crippen molar-refractivity contribution in [2.24, 2.45) is 0 Å². The van der Waals surface area contributed by atoms with Gasteiger partial charge in [0.25, 0.3) is 0 Å². The molecule has 1 aliphatic rings. The normalized spacial score (nSPS) is 19.8. The van der Waals surface area contributed by atoms with Crippen LogP contribution in [0, 0.1) is 0 Å². The van der Waals surface area contributed by atoms with Crippen LogP contribution in [0.1, 0.15) is 29.2 Å². The van der Waals surface area contributed by atoms with Crippen molar-refractivity contribution in [2.75, 3.05) is 0 Å². The van der Waals surface area contributed by atoms with Crippen LogP contribution in [0.5, 0.6) is 5.75 Å². The van der Waals surface area contributed by atoms with E-state index in [4.69, 9.17) is 4.74 Å². The maximum Gasteiger partial charge on any atom is 0.416 e. The molecule has 0 saturated carbocycles. The molecular weight excluding hydrogens is 341 g/mol. The van der Waals surface area contributed by atoms with Crippen molar-refractivity contribution >= 4 is 0 Å². The Bertz CT molecular complexity index is 873. The average Bonchev–Trinajstić information content (AvgIpc) is 3.15. The monoisotopic (exact) mass is 358 g/mol. The maximum atomic E-state index is 12.7. The van der Waals surface area contributed by atoms with E-state index in [0.717, 1.165) is 30.5 Å². The summed E-state index contributed by atoms with van der Waals surface area (Å²) >= 11 is 0. The summed E-state index contributed by atoms with van der Waals surface area (Å²) in [6, 6.07) is 13.0. The van der Waals surface area contributed by atoms with Gasteiger partial charge in [0.15, 0.2) is 0 Å². The highest BCUT2D eigenvalue weighted by atomic mass is 19.4. The van der Waals surface area contributed by atoms with Crippen molar-refractivity contribution in [1.29, 1.82) is 0 Å². The first-order valence-corrected chi connectivity index (χ1v) is 8.41. The minimum atomic E-state index is -4.35. The smallest absolute Gasteiger partial charge is 0.416 e. The van der Waals surface area contributed by atoms with E-state index >= 15 is 0 Å². The van der Waals surface area contributed by atoms with E-state index in [1.54, 1.807) is 12.5 Å². The first-order valence-electron chi connectivity index (χ1n) is 8.41. The van der Waals surface area contributed by atoms with Gasteiger partial charge in [-0.05, 0) is 48.2 Å². The lowest BCUT2D eigenvalue weighted by molar-refractivity contribution is -0.137. The molecule has 0 saturated heterocycles. The third-order valence-electron chi connectivity index (χ3n) is 4.74. The number of benzene rings is 2. The van der Waals surface area contributed by atoms with Crippen LogP contribution in [-0.2, 0) is 12.6 Å². The zero-order valence-corrected chi connectivity index (χ0v) is 13.9. The van der Waals surface area contributed by atoms with Gasteiger partial charge in [0.05, 0.1) is 17.9 Å². The molecule has 6 heteroatoms. The number of hydrogen-bond donors (Lipinski definition) is 0. The topological polar surface area (TPSA) is 27.1 Å². The molecule has 1 heterocycles. The van der Waals surface area contributed by atoms with Gasteiger partial charge in [0.1, 0.15) is 11.9 Å². The molecule has 0 N–H and O–H groups in total. The highest BCUT2D eigenvalue weighted by molar-refractivity contribution is 5.35. The number of ether oxygens (including phenoxy) is 1. The van der Waals surface area contributed by atoms with E-state index < -0.39 is 11.7 Å². The Kier molecular flexibility index (Phi) is 4.18. The minimum Gasteiger partial charge on any atom is -0.488 e. The lowest BCUT2D eigenvalue weighted by atomic mass is 9.85. The number of alkyl halides is 3. The number of hydrogen-bond acceptors (Lipinski definition) is 2. The van der Waals surface area contributed by atoms with Crippen LogP contribution >= 0.6 is 0 Å². The fourth-order valence-corrected chi connectivity index (χ4v) is 3.51. The van der Waals surface area contributed by atoms with Crippen molar-refractivity contribution in [3.8, 4) is 5.75 Å². The van der Waals surface area contributed by atoms with Gasteiger partial charge < -0.3 is 9.30 Å². The average molecular weight is 358 g/mol. The van der Waals surface area contributed by atoms with Gasteiger partial charge >= 0.3 is 6.18 Å². The van der Waals surface area contributed by atoms with Gasteiger partial charge in [-0.3, -0.25) is 0 Å². The number of aryl methyl sites for hydroxylation is 1. The number of halogens is 3. The summed E-state index contributed by atoms with van der Waals surface area (Å²) in [4.78, 5) is 4.13. The SMILES string of the molecule is FC(F)(F)c1ccc(O[C@H]2CCc3ccccc3[C@@H]2n2ccnc2)cc1. The van der Waals surface area contributed by atoms with Crippen LogP contribution in [0.3, 0.4) is 0 Å². The van der Waals surface area contributed by atoms with Gasteiger partial charge in [-0.2, -0.15) is 13.2 Å². The fourth-order valence-electron chi connectivity index (χ4n) is 3.51. The van der Waals surface area contributed by atoms with Crippen molar-refractivity contribution in [1.82, 2.24) is 9.55 Å². The molecule has 1 aliphatic carbocycles. The molecule has 3 nitrogen and oxygen atoms in total. The number of nitrogens with zero attached hydrogens (tertiary/aromatic N) is 2. The first-order chi connectivity index (χ1) is 12.5. The van der Waals surface area contributed by atoms with Crippen LogP contribution in [0.25, 0.3) is 0 Å². The molecule has 26 heavy (non-hydrogen) atoms. The molecule has 0 aliphatic heterocycles. The molecule has 0 spiro atoms. The van der Waals surface area contributed by atoms with Crippen molar-refractivity contribution < 1.29 is 17.9 Å². The Morgan fingerprint density at radius 2 is 1.81 bits per heavy atom. The summed E-state index contributed by atoms with van der Waals surface area (Å²) in [6.45, 7) is 0. The second-order valence-electron chi connectivity index (χ2n) is 6.37. The molecule has 0 amide bonds. The Labute approximate surface area is 149 Å². The second-order valence-corrected chi connectivity index (χ2v) is 6.37. The number of imidazole rings is 1. The van der Waals surface area contributed by atoms with Gasteiger partial charge in [-0.15, -0.1) is 0 Å². The molecule has 2 aromatic carbocycles. The van der Waals surface area contributed by atoms with E-state index in [0.29, 0.717) is 5.75 Å². The number of aromatic nitrogens is 2. The third kappa shape index (κ3) is 3.19. The minimum absolute atomic E-state index is 0.0651. The second kappa shape index (κ2) is 6.52. The molecule has 0 unspecified atom stereocenters. The largest absolute Gasteiger partial charge is 0.488 e. The summed E-state index contributed by atoms with van der Waals surface area (Å²) in [6.07, 6.45) is 2.46. The van der Waals surface area contributed by atoms with E-state index in [9.17, 15) is 13.2 Å². The van der Waals surface area contributed by atoms with Crippen LogP contribution in [0.4, 0.5) is 13.2 Å². The summed E-state index contributed by atoms with van der Waals surface area (Å²) in [5, 5.41) is 0. The van der Waals surface area contributed by atoms with Crippen molar-refractivity contribution in [3.05, 3.63) is 83.9 Å². The molecular formula is C20H17F3N2O. The van der Waals surface area contributed by atoms with E-state index in [2.05, 4.69) is 17.1 Å². The Hall–Kier alpha value is -2.76. The van der Waals surface area contributed by atoms with Crippen molar-refractivity contribution in [3.63, 3.8) is 0 Å². The summed E-state index contributed by atoms with van der Waals surface area (Å²) in [5.74, 6) is 0.437. The predicted octanol–water partition coefficient (Wildman–Crippen LogP) is 4.89. The van der Waals surface area contributed by atoms with Gasteiger partial charge in [0, 0.05) is 12.4 Å². The highest BCUT2D eigenvalue weighted by Gasteiger charge is 2.33. The Balaban J connectivity index is 1.63. The molecule has 2 atom stereocenters. The van der Waals surface area contributed by atoms with E-state index in [-0.39, 0.29) is 12.1 Å². The summed E-state index contributed by atoms with van der Waals surface area (Å²) in [5.41, 5.74) is 1.75. The van der Waals surface area contributed by atoms with Crippen LogP contribution in [0.15, 0.2) is 67.3 Å². The van der Waals surface area contributed by atoms with Gasteiger partial charge in [-0.25, -0.2) is 4.98 Å². The Morgan fingerprint density at radius 3 is 2.50 bits per heavy atom. The molecule has 1 aromatic heterocycles. The third-order valence-corrected chi connectivity index (χ3v) is 4.74. The molecule has 0 bridgehead atoms. The zero-order valence-electron chi connectivity index (χ0n) is 13.9. The van der Waals surface area contributed by atoms with Gasteiger partial charge in [0.2, 0.25) is 0 Å². The zero-order chi connectivity index (χ0) is 18.1. The summed E-state index contributed by atoms with van der Waals surface area (Å²) in [7, 11) is 0. The van der Waals surface area contributed by atoms with E-state index in [1.807, 2.05) is 22.9 Å². The predicted molar refractivity (Wildman–Crippen MR) is 91.0 cm³/mol. The molecule has 0 radical (unpaired) electrons. The van der Waals surface area contributed by atoms with Crippen molar-refractivity contribution in [2.45, 2.75) is 31.2 Å². The van der Waals surface area contributed by atoms with Crippen LogP contribution in [0.2, 0.25) is 0 Å². The number of fused-ring (bicyclic) bond motifs is 1. The van der Waals surface area contributed by atoms with E-state index in [1.165, 1.54) is 17.7 Å². The first kappa shape index (κ1) is 16.7. The maximum absolute atomic E-state index is 12.7. The quantitative estimate of drug-likeness (QED) is 0.667. The lowest BCUT2D eigenvalue weighted by Crippen LogP contribution is -2.34. The van der Waals surface area contributed by atoms with Crippen LogP contribution < -0.4 is 4.74 Å². The van der Waals surface area contributed by atoms with Gasteiger partial charge in [-0.1, -0.05) is 24.3 Å². The highest BCUT2D eigenvalue weighted by Crippen LogP contribution is 2.36. The molecule has 4 rings (SSSR count). The Morgan fingerprint density at radius 1 is 1.04 bits per heavy atom.